The molecule has 0 amide bonds. The van der Waals surface area contributed by atoms with Crippen molar-refractivity contribution in [3.8, 4) is 0 Å². The molecule has 0 radical (unpaired) electrons. The van der Waals surface area contributed by atoms with Gasteiger partial charge in [-0.15, -0.1) is 11.8 Å². The van der Waals surface area contributed by atoms with Crippen molar-refractivity contribution >= 4 is 17.7 Å². The Kier molecular flexibility index (Phi) is 6.40. The van der Waals surface area contributed by atoms with Crippen molar-refractivity contribution in [3.63, 3.8) is 0 Å². The fourth-order valence-corrected chi connectivity index (χ4v) is 4.06. The second-order valence-corrected chi connectivity index (χ2v) is 7.95. The lowest BCUT2D eigenvalue weighted by Gasteiger charge is -2.27. The summed E-state index contributed by atoms with van der Waals surface area (Å²) in [6, 6.07) is 10.7. The van der Waals surface area contributed by atoms with Crippen molar-refractivity contribution in [3.05, 3.63) is 30.3 Å². The van der Waals surface area contributed by atoms with Crippen LogP contribution in [0, 0.1) is 0 Å². The first-order valence-electron chi connectivity index (χ1n) is 8.78. The molecule has 1 aliphatic heterocycles. The van der Waals surface area contributed by atoms with Crippen LogP contribution in [0.1, 0.15) is 12.8 Å². The van der Waals surface area contributed by atoms with Gasteiger partial charge in [-0.05, 0) is 25.0 Å². The molecule has 0 aromatic heterocycles. The summed E-state index contributed by atoms with van der Waals surface area (Å²) in [5.41, 5.74) is 0. The summed E-state index contributed by atoms with van der Waals surface area (Å²) < 4.78 is 5.72. The fraction of sp³-hybridized carbons (Fsp3) is 0.611. The zero-order chi connectivity index (χ0) is 16.7. The lowest BCUT2D eigenvalue weighted by atomic mass is 10.4. The first kappa shape index (κ1) is 17.6. The van der Waals surface area contributed by atoms with E-state index in [0.29, 0.717) is 4.75 Å². The Hall–Kier alpha value is -1.24. The maximum absolute atomic E-state index is 5.38. The maximum atomic E-state index is 5.38. The van der Waals surface area contributed by atoms with E-state index in [1.54, 1.807) is 0 Å². The molecule has 5 nitrogen and oxygen atoms in total. The first-order valence-corrected chi connectivity index (χ1v) is 9.60. The highest BCUT2D eigenvalue weighted by atomic mass is 32.2. The van der Waals surface area contributed by atoms with Gasteiger partial charge in [0.1, 0.15) is 0 Å². The number of nitrogens with zero attached hydrogens (tertiary/aromatic N) is 2. The van der Waals surface area contributed by atoms with E-state index in [-0.39, 0.29) is 0 Å². The standard InChI is InChI=1S/C18H28N4OS/c1-19-17(20-9-10-22-11-13-23-14-12-22)21-15-18(7-8-18)24-16-5-3-2-4-6-16/h2-6H,7-15H2,1H3,(H2,19,20,21). The molecule has 1 heterocycles. The van der Waals surface area contributed by atoms with Crippen LogP contribution >= 0.6 is 11.8 Å². The molecule has 1 aliphatic carbocycles. The van der Waals surface area contributed by atoms with Gasteiger partial charge in [0, 0.05) is 49.4 Å². The maximum Gasteiger partial charge on any atom is 0.191 e. The van der Waals surface area contributed by atoms with Gasteiger partial charge in [-0.1, -0.05) is 18.2 Å². The van der Waals surface area contributed by atoms with Gasteiger partial charge < -0.3 is 15.4 Å². The van der Waals surface area contributed by atoms with Gasteiger partial charge in [0.05, 0.1) is 13.2 Å². The van der Waals surface area contributed by atoms with Gasteiger partial charge >= 0.3 is 0 Å². The quantitative estimate of drug-likeness (QED) is 0.581. The van der Waals surface area contributed by atoms with E-state index in [1.165, 1.54) is 17.7 Å². The van der Waals surface area contributed by atoms with E-state index in [4.69, 9.17) is 4.74 Å². The second kappa shape index (κ2) is 8.74. The second-order valence-electron chi connectivity index (χ2n) is 6.40. The number of aliphatic imine (C=N–C) groups is 1. The van der Waals surface area contributed by atoms with Crippen molar-refractivity contribution in [2.75, 3.05) is 53.0 Å². The SMILES string of the molecule is CN=C(NCCN1CCOCC1)NCC1(Sc2ccccc2)CC1. The summed E-state index contributed by atoms with van der Waals surface area (Å²) in [6.07, 6.45) is 2.54. The zero-order valence-corrected chi connectivity index (χ0v) is 15.3. The molecule has 1 saturated carbocycles. The van der Waals surface area contributed by atoms with Gasteiger partial charge in [-0.2, -0.15) is 0 Å². The highest BCUT2D eigenvalue weighted by Crippen LogP contribution is 2.51. The molecule has 6 heteroatoms. The summed E-state index contributed by atoms with van der Waals surface area (Å²) in [6.45, 7) is 6.68. The molecule has 1 aromatic rings. The highest BCUT2D eigenvalue weighted by Gasteiger charge is 2.43. The third-order valence-electron chi connectivity index (χ3n) is 4.51. The van der Waals surface area contributed by atoms with E-state index in [9.17, 15) is 0 Å². The number of nitrogens with one attached hydrogen (secondary N) is 2. The molecular formula is C18H28N4OS. The Morgan fingerprint density at radius 3 is 2.62 bits per heavy atom. The summed E-state index contributed by atoms with van der Waals surface area (Å²) in [5.74, 6) is 0.906. The van der Waals surface area contributed by atoms with Crippen LogP contribution in [0.25, 0.3) is 0 Å². The van der Waals surface area contributed by atoms with Crippen molar-refractivity contribution < 1.29 is 4.74 Å². The number of benzene rings is 1. The van der Waals surface area contributed by atoms with Crippen molar-refractivity contribution in [2.45, 2.75) is 22.5 Å². The normalized spacial score (nSPS) is 20.6. The molecular weight excluding hydrogens is 320 g/mol. The number of guanidine groups is 1. The third-order valence-corrected chi connectivity index (χ3v) is 6.00. The Balaban J connectivity index is 1.38. The Morgan fingerprint density at radius 2 is 1.96 bits per heavy atom. The van der Waals surface area contributed by atoms with Crippen LogP contribution in [0.2, 0.25) is 0 Å². The fourth-order valence-electron chi connectivity index (χ4n) is 2.82. The van der Waals surface area contributed by atoms with Crippen molar-refractivity contribution in [2.24, 2.45) is 4.99 Å². The third kappa shape index (κ3) is 5.40. The van der Waals surface area contributed by atoms with Crippen LogP contribution in [0.5, 0.6) is 0 Å². The summed E-state index contributed by atoms with van der Waals surface area (Å²) in [5, 5.41) is 6.93. The largest absolute Gasteiger partial charge is 0.379 e. The highest BCUT2D eigenvalue weighted by molar-refractivity contribution is 8.01. The van der Waals surface area contributed by atoms with Crippen LogP contribution in [-0.4, -0.2) is 68.6 Å². The molecule has 2 fully saturated rings. The van der Waals surface area contributed by atoms with Gasteiger partial charge in [0.25, 0.3) is 0 Å². The minimum Gasteiger partial charge on any atom is -0.379 e. The first-order chi connectivity index (χ1) is 11.8. The molecule has 1 aromatic carbocycles. The van der Waals surface area contributed by atoms with Crippen LogP contribution < -0.4 is 10.6 Å². The molecule has 0 unspecified atom stereocenters. The average Bonchev–Trinajstić information content (AvgIpc) is 3.39. The van der Waals surface area contributed by atoms with E-state index < -0.39 is 0 Å². The number of hydrogen-bond acceptors (Lipinski definition) is 4. The van der Waals surface area contributed by atoms with Crippen molar-refractivity contribution in [1.29, 1.82) is 0 Å². The topological polar surface area (TPSA) is 48.9 Å². The smallest absolute Gasteiger partial charge is 0.191 e. The lowest BCUT2D eigenvalue weighted by molar-refractivity contribution is 0.0389. The van der Waals surface area contributed by atoms with Crippen LogP contribution in [0.3, 0.4) is 0 Å². The van der Waals surface area contributed by atoms with Gasteiger partial charge in [-0.25, -0.2) is 0 Å². The molecule has 132 valence electrons. The molecule has 24 heavy (non-hydrogen) atoms. The molecule has 2 N–H and O–H groups in total. The van der Waals surface area contributed by atoms with Crippen LogP contribution in [0.4, 0.5) is 0 Å². The number of ether oxygens (including phenoxy) is 1. The zero-order valence-electron chi connectivity index (χ0n) is 14.5. The Morgan fingerprint density at radius 1 is 1.21 bits per heavy atom. The molecule has 0 atom stereocenters. The summed E-state index contributed by atoms with van der Waals surface area (Å²) in [7, 11) is 1.84. The van der Waals surface area contributed by atoms with E-state index in [2.05, 4.69) is 50.9 Å². The van der Waals surface area contributed by atoms with E-state index >= 15 is 0 Å². The predicted octanol–water partition coefficient (Wildman–Crippen LogP) is 1.81. The van der Waals surface area contributed by atoms with Crippen LogP contribution in [0.15, 0.2) is 40.2 Å². The lowest BCUT2D eigenvalue weighted by Crippen LogP contribution is -2.45. The number of hydrogen-bond donors (Lipinski definition) is 2. The van der Waals surface area contributed by atoms with Crippen LogP contribution in [-0.2, 0) is 4.74 Å². The number of morpholine rings is 1. The van der Waals surface area contributed by atoms with Gasteiger partial charge in [-0.3, -0.25) is 9.89 Å². The van der Waals surface area contributed by atoms with Gasteiger partial charge in [0.2, 0.25) is 0 Å². The summed E-state index contributed by atoms with van der Waals surface area (Å²) in [4.78, 5) is 8.13. The van der Waals surface area contributed by atoms with Gasteiger partial charge in [0.15, 0.2) is 5.96 Å². The minimum atomic E-state index is 0.336. The Labute approximate surface area is 149 Å². The number of thioether (sulfide) groups is 1. The monoisotopic (exact) mass is 348 g/mol. The molecule has 0 bridgehead atoms. The van der Waals surface area contributed by atoms with E-state index in [0.717, 1.165) is 51.9 Å². The predicted molar refractivity (Wildman–Crippen MR) is 101 cm³/mol. The van der Waals surface area contributed by atoms with E-state index in [1.807, 2.05) is 18.8 Å². The molecule has 0 spiro atoms. The minimum absolute atomic E-state index is 0.336. The summed E-state index contributed by atoms with van der Waals surface area (Å²) >= 11 is 1.99. The number of rotatable bonds is 7. The Bertz CT molecular complexity index is 527. The molecule has 1 saturated heterocycles. The average molecular weight is 349 g/mol. The molecule has 3 rings (SSSR count). The van der Waals surface area contributed by atoms with Crippen molar-refractivity contribution in [1.82, 2.24) is 15.5 Å². The molecule has 2 aliphatic rings.